The first-order valence-electron chi connectivity index (χ1n) is 8.21. The van der Waals surface area contributed by atoms with Crippen LogP contribution in [0.15, 0.2) is 28.7 Å². The predicted molar refractivity (Wildman–Crippen MR) is 98.0 cm³/mol. The van der Waals surface area contributed by atoms with E-state index in [1.54, 1.807) is 13.8 Å². The van der Waals surface area contributed by atoms with Crippen molar-refractivity contribution in [3.8, 4) is 0 Å². The van der Waals surface area contributed by atoms with E-state index in [2.05, 4.69) is 15.9 Å². The number of hydrogen-bond acceptors (Lipinski definition) is 3. The van der Waals surface area contributed by atoms with Gasteiger partial charge in [-0.3, -0.25) is 14.4 Å². The maximum atomic E-state index is 13.4. The second-order valence-corrected chi connectivity index (χ2v) is 12.3. The molecule has 1 aromatic rings. The van der Waals surface area contributed by atoms with Gasteiger partial charge in [0.1, 0.15) is 0 Å². The van der Waals surface area contributed by atoms with Crippen LogP contribution in [0.25, 0.3) is 0 Å². The molecule has 2 heterocycles. The van der Waals surface area contributed by atoms with Crippen molar-refractivity contribution < 1.29 is 14.4 Å². The zero-order valence-corrected chi connectivity index (χ0v) is 16.8. The first kappa shape index (κ1) is 16.6. The Morgan fingerprint density at radius 2 is 1.29 bits per heavy atom. The van der Waals surface area contributed by atoms with Crippen LogP contribution in [0.3, 0.4) is 0 Å². The number of carbonyl (C=O) groups is 3. The molecule has 24 heavy (non-hydrogen) atoms. The van der Waals surface area contributed by atoms with Crippen molar-refractivity contribution in [2.24, 2.45) is 10.8 Å². The normalized spacial score (nSPS) is 46.7. The Morgan fingerprint density at radius 1 is 0.833 bits per heavy atom. The quantitative estimate of drug-likeness (QED) is 0.528. The monoisotopic (exact) mass is 406 g/mol. The summed E-state index contributed by atoms with van der Waals surface area (Å²) in [7, 11) is -1.05. The molecule has 5 heteroatoms. The summed E-state index contributed by atoms with van der Waals surface area (Å²) in [5, 5.41) is -0.188. The Kier molecular flexibility index (Phi) is 3.08. The van der Waals surface area contributed by atoms with E-state index in [1.807, 2.05) is 38.1 Å². The van der Waals surface area contributed by atoms with E-state index in [1.165, 1.54) is 0 Å². The van der Waals surface area contributed by atoms with Crippen molar-refractivity contribution in [1.29, 1.82) is 0 Å². The summed E-state index contributed by atoms with van der Waals surface area (Å²) in [5.41, 5.74) is -2.02. The summed E-state index contributed by atoms with van der Waals surface area (Å²) in [5.74, 6) is -0.0599. The van der Waals surface area contributed by atoms with Crippen LogP contribution < -0.4 is 5.30 Å². The van der Waals surface area contributed by atoms with Gasteiger partial charge in [0, 0.05) is 4.47 Å². The summed E-state index contributed by atoms with van der Waals surface area (Å²) in [4.78, 5) is 39.8. The fourth-order valence-electron chi connectivity index (χ4n) is 5.93. The summed E-state index contributed by atoms with van der Waals surface area (Å²) in [6.07, 6.45) is 0.712. The molecule has 4 unspecified atom stereocenters. The number of hydrogen-bond donors (Lipinski definition) is 0. The second kappa shape index (κ2) is 4.45. The molecule has 3 nitrogen and oxygen atoms in total. The Bertz CT molecular complexity index is 792. The van der Waals surface area contributed by atoms with E-state index in [0.717, 1.165) is 9.78 Å². The van der Waals surface area contributed by atoms with Gasteiger partial charge in [0.05, 0.1) is 21.1 Å². The zero-order valence-electron chi connectivity index (χ0n) is 14.3. The van der Waals surface area contributed by atoms with Gasteiger partial charge in [0.15, 0.2) is 17.3 Å². The van der Waals surface area contributed by atoms with Crippen molar-refractivity contribution in [3.63, 3.8) is 0 Å². The number of halogens is 1. The van der Waals surface area contributed by atoms with Crippen LogP contribution in [-0.2, 0) is 14.4 Å². The minimum atomic E-state index is -1.05. The van der Waals surface area contributed by atoms with Crippen LogP contribution >= 0.6 is 23.9 Å². The maximum absolute atomic E-state index is 13.4. The minimum Gasteiger partial charge on any atom is -0.298 e. The molecule has 2 saturated heterocycles. The molecular formula is C19H20BrO3P. The largest absolute Gasteiger partial charge is 0.298 e. The summed E-state index contributed by atoms with van der Waals surface area (Å²) in [6.45, 7) is 7.52. The standard InChI is InChI=1S/C19H20BrO3P/c1-16-9-18(3)15(23)17(2,13(16)21)10-19(4,14(16)22)24(18)12-8-6-5-7-11(12)20/h5-8H,9-10H2,1-4H3. The third kappa shape index (κ3) is 1.56. The van der Waals surface area contributed by atoms with Gasteiger partial charge in [0.25, 0.3) is 0 Å². The van der Waals surface area contributed by atoms with E-state index < -0.39 is 29.1 Å². The lowest BCUT2D eigenvalue weighted by molar-refractivity contribution is -0.167. The van der Waals surface area contributed by atoms with Crippen molar-refractivity contribution in [3.05, 3.63) is 28.7 Å². The van der Waals surface area contributed by atoms with Crippen molar-refractivity contribution in [2.75, 3.05) is 0 Å². The number of Topliss-reactive ketones (excluding diaryl/α,β-unsaturated/α-hetero) is 3. The molecule has 0 amide bonds. The molecule has 4 bridgehead atoms. The van der Waals surface area contributed by atoms with E-state index in [-0.39, 0.29) is 17.3 Å². The number of ketones is 3. The van der Waals surface area contributed by atoms with Crippen molar-refractivity contribution >= 4 is 46.5 Å². The summed E-state index contributed by atoms with van der Waals surface area (Å²) >= 11 is 3.62. The molecule has 2 saturated carbocycles. The Balaban J connectivity index is 2.04. The lowest BCUT2D eigenvalue weighted by atomic mass is 9.48. The second-order valence-electron chi connectivity index (χ2n) is 8.34. The molecule has 5 rings (SSSR count). The molecule has 2 aliphatic heterocycles. The lowest BCUT2D eigenvalue weighted by Crippen LogP contribution is -2.77. The van der Waals surface area contributed by atoms with E-state index in [9.17, 15) is 14.4 Å². The van der Waals surface area contributed by atoms with Gasteiger partial charge in [-0.1, -0.05) is 34.1 Å². The molecule has 126 valence electrons. The maximum Gasteiger partial charge on any atom is 0.159 e. The molecule has 0 aromatic heterocycles. The molecule has 4 atom stereocenters. The molecule has 2 aliphatic carbocycles. The van der Waals surface area contributed by atoms with Gasteiger partial charge in [-0.15, -0.1) is 0 Å². The van der Waals surface area contributed by atoms with Crippen LogP contribution in [0.5, 0.6) is 0 Å². The number of rotatable bonds is 1. The van der Waals surface area contributed by atoms with Crippen LogP contribution in [0.4, 0.5) is 0 Å². The zero-order chi connectivity index (χ0) is 17.7. The van der Waals surface area contributed by atoms with Crippen LogP contribution in [-0.4, -0.2) is 27.7 Å². The third-order valence-electron chi connectivity index (χ3n) is 6.46. The highest BCUT2D eigenvalue weighted by Gasteiger charge is 2.79. The van der Waals surface area contributed by atoms with Gasteiger partial charge < -0.3 is 0 Å². The number of carbonyl (C=O) groups excluding carboxylic acids is 3. The third-order valence-corrected chi connectivity index (χ3v) is 11.0. The first-order chi connectivity index (χ1) is 11.0. The topological polar surface area (TPSA) is 51.2 Å². The van der Waals surface area contributed by atoms with Crippen molar-refractivity contribution in [2.45, 2.75) is 50.8 Å². The molecule has 4 fully saturated rings. The number of benzene rings is 1. The SMILES string of the molecule is CC12CC3(C)C(=O)C(C)(CC(C)(C1=O)P3c1ccccc1Br)C2=O. The highest BCUT2D eigenvalue weighted by molar-refractivity contribution is 9.10. The minimum absolute atomic E-state index is 0.0457. The predicted octanol–water partition coefficient (Wildman–Crippen LogP) is 3.61. The molecule has 1 aromatic carbocycles. The fourth-order valence-corrected chi connectivity index (χ4v) is 11.3. The van der Waals surface area contributed by atoms with Crippen LogP contribution in [0, 0.1) is 10.8 Å². The van der Waals surface area contributed by atoms with E-state index in [4.69, 9.17) is 0 Å². The smallest absolute Gasteiger partial charge is 0.159 e. The molecule has 0 N–H and O–H groups in total. The average Bonchev–Trinajstić information content (AvgIpc) is 2.51. The molecule has 0 radical (unpaired) electrons. The summed E-state index contributed by atoms with van der Waals surface area (Å²) < 4.78 is 0.952. The Hall–Kier alpha value is -0.860. The van der Waals surface area contributed by atoms with Gasteiger partial charge in [0.2, 0.25) is 0 Å². The molecule has 4 aliphatic rings. The van der Waals surface area contributed by atoms with Gasteiger partial charge >= 0.3 is 0 Å². The molecular weight excluding hydrogens is 387 g/mol. The van der Waals surface area contributed by atoms with Gasteiger partial charge in [-0.2, -0.15) is 0 Å². The Morgan fingerprint density at radius 3 is 1.75 bits per heavy atom. The molecule has 0 spiro atoms. The lowest BCUT2D eigenvalue weighted by Gasteiger charge is -2.68. The van der Waals surface area contributed by atoms with Crippen LogP contribution in [0.1, 0.15) is 40.5 Å². The Labute approximate surface area is 151 Å². The summed E-state index contributed by atoms with van der Waals surface area (Å²) in [6, 6.07) is 7.91. The van der Waals surface area contributed by atoms with E-state index in [0.29, 0.717) is 12.8 Å². The highest BCUT2D eigenvalue weighted by atomic mass is 79.9. The first-order valence-corrected chi connectivity index (χ1v) is 10.3. The fraction of sp³-hybridized carbons (Fsp3) is 0.526. The van der Waals surface area contributed by atoms with Crippen LogP contribution in [0.2, 0.25) is 0 Å². The van der Waals surface area contributed by atoms with E-state index >= 15 is 0 Å². The highest BCUT2D eigenvalue weighted by Crippen LogP contribution is 2.78. The van der Waals surface area contributed by atoms with Gasteiger partial charge in [-0.25, -0.2) is 0 Å². The average molecular weight is 407 g/mol. The van der Waals surface area contributed by atoms with Gasteiger partial charge in [-0.05, 0) is 59.8 Å². The van der Waals surface area contributed by atoms with Crippen molar-refractivity contribution in [1.82, 2.24) is 0 Å².